The fourth-order valence-electron chi connectivity index (χ4n) is 2.84. The average molecular weight is 395 g/mol. The highest BCUT2D eigenvalue weighted by Gasteiger charge is 2.22. The normalized spacial score (nSPS) is 12.4. The van der Waals surface area contributed by atoms with E-state index in [9.17, 15) is 0 Å². The van der Waals surface area contributed by atoms with E-state index in [-0.39, 0.29) is 5.25 Å². The van der Waals surface area contributed by atoms with Crippen LogP contribution in [0.1, 0.15) is 42.8 Å². The Bertz CT molecular complexity index is 1010. The van der Waals surface area contributed by atoms with Gasteiger partial charge in [-0.3, -0.25) is 4.57 Å². The van der Waals surface area contributed by atoms with Crippen LogP contribution in [0.4, 0.5) is 0 Å². The third-order valence-electron chi connectivity index (χ3n) is 4.23. The smallest absolute Gasteiger partial charge is 0.239 e. The summed E-state index contributed by atoms with van der Waals surface area (Å²) in [6, 6.07) is 13.9. The van der Waals surface area contributed by atoms with Gasteiger partial charge >= 0.3 is 0 Å². The summed E-state index contributed by atoms with van der Waals surface area (Å²) in [5, 5.41) is 13.6. The second kappa shape index (κ2) is 8.43. The van der Waals surface area contributed by atoms with Gasteiger partial charge in [-0.15, -0.1) is 10.2 Å². The molecule has 1 aromatic carbocycles. The fourth-order valence-corrected chi connectivity index (χ4v) is 3.72. The van der Waals surface area contributed by atoms with Crippen LogP contribution < -0.4 is 0 Å². The van der Waals surface area contributed by atoms with Crippen LogP contribution in [0.15, 0.2) is 62.8 Å². The number of hydrogen-bond donors (Lipinski definition) is 0. The lowest BCUT2D eigenvalue weighted by atomic mass is 10.2. The van der Waals surface area contributed by atoms with Gasteiger partial charge in [0.25, 0.3) is 0 Å². The minimum absolute atomic E-state index is 0.0405. The molecule has 0 bridgehead atoms. The molecule has 0 spiro atoms. The Morgan fingerprint density at radius 2 is 1.96 bits per heavy atom. The maximum absolute atomic E-state index is 5.56. The number of aromatic nitrogens is 5. The van der Waals surface area contributed by atoms with E-state index in [0.717, 1.165) is 29.4 Å². The Labute approximate surface area is 167 Å². The lowest BCUT2D eigenvalue weighted by Crippen LogP contribution is -2.04. The van der Waals surface area contributed by atoms with E-state index in [4.69, 9.17) is 8.94 Å². The molecule has 0 fully saturated rings. The van der Waals surface area contributed by atoms with Crippen LogP contribution in [-0.2, 0) is 13.0 Å². The third-order valence-corrected chi connectivity index (χ3v) is 5.30. The van der Waals surface area contributed by atoms with Crippen LogP contribution >= 0.6 is 11.8 Å². The van der Waals surface area contributed by atoms with Crippen LogP contribution in [0.3, 0.4) is 0 Å². The summed E-state index contributed by atoms with van der Waals surface area (Å²) in [4.78, 5) is 4.49. The molecule has 0 amide bonds. The number of nitrogens with zero attached hydrogens (tertiary/aromatic N) is 5. The maximum atomic E-state index is 5.56. The molecule has 28 heavy (non-hydrogen) atoms. The summed E-state index contributed by atoms with van der Waals surface area (Å²) < 4.78 is 13.0. The van der Waals surface area contributed by atoms with Gasteiger partial charge in [-0.2, -0.15) is 4.98 Å². The molecule has 0 aliphatic heterocycles. The quantitative estimate of drug-likeness (QED) is 0.397. The van der Waals surface area contributed by atoms with Gasteiger partial charge in [-0.1, -0.05) is 54.2 Å². The van der Waals surface area contributed by atoms with Crippen molar-refractivity contribution < 1.29 is 8.94 Å². The second-order valence-corrected chi connectivity index (χ2v) is 7.72. The van der Waals surface area contributed by atoms with Crippen molar-refractivity contribution in [2.75, 3.05) is 0 Å². The van der Waals surface area contributed by atoms with E-state index in [1.165, 1.54) is 0 Å². The molecular weight excluding hydrogens is 374 g/mol. The molecule has 0 radical (unpaired) electrons. The molecular formula is C20H21N5O2S. The third kappa shape index (κ3) is 4.01. The molecule has 1 atom stereocenters. The van der Waals surface area contributed by atoms with Crippen molar-refractivity contribution >= 4 is 11.8 Å². The van der Waals surface area contributed by atoms with Crippen molar-refractivity contribution in [1.82, 2.24) is 24.9 Å². The minimum Gasteiger partial charge on any atom is -0.461 e. The fraction of sp³-hybridized carbons (Fsp3) is 0.300. The largest absolute Gasteiger partial charge is 0.461 e. The van der Waals surface area contributed by atoms with E-state index in [2.05, 4.69) is 44.0 Å². The molecule has 0 N–H and O–H groups in total. The first-order chi connectivity index (χ1) is 13.7. The molecule has 0 saturated carbocycles. The lowest BCUT2D eigenvalue weighted by molar-refractivity contribution is 0.374. The van der Waals surface area contributed by atoms with Crippen molar-refractivity contribution in [3.05, 3.63) is 66.0 Å². The zero-order chi connectivity index (χ0) is 19.3. The molecule has 4 rings (SSSR count). The van der Waals surface area contributed by atoms with Crippen LogP contribution in [-0.4, -0.2) is 24.9 Å². The molecule has 0 unspecified atom stereocenters. The van der Waals surface area contributed by atoms with Gasteiger partial charge in [0.05, 0.1) is 18.1 Å². The number of thioether (sulfide) groups is 1. The molecule has 4 aromatic rings. The SMILES string of the molecule is CCCc1noc([C@H](C)Sc2nnc(-c3ccco3)n2Cc2ccccc2)n1. The summed E-state index contributed by atoms with van der Waals surface area (Å²) in [5.74, 6) is 2.72. The monoisotopic (exact) mass is 395 g/mol. The Kier molecular flexibility index (Phi) is 5.57. The van der Waals surface area contributed by atoms with Crippen LogP contribution in [0, 0.1) is 0 Å². The van der Waals surface area contributed by atoms with Crippen LogP contribution in [0.5, 0.6) is 0 Å². The second-order valence-electron chi connectivity index (χ2n) is 6.41. The van der Waals surface area contributed by atoms with Gasteiger partial charge < -0.3 is 8.94 Å². The highest BCUT2D eigenvalue weighted by Crippen LogP contribution is 2.35. The van der Waals surface area contributed by atoms with Gasteiger partial charge in [-0.05, 0) is 31.0 Å². The number of rotatable bonds is 8. The predicted molar refractivity (Wildman–Crippen MR) is 106 cm³/mol. The van der Waals surface area contributed by atoms with Crippen molar-refractivity contribution in [2.45, 2.75) is 43.6 Å². The average Bonchev–Trinajstić information content (AvgIpc) is 3.45. The Morgan fingerprint density at radius 1 is 1.11 bits per heavy atom. The van der Waals surface area contributed by atoms with E-state index in [0.29, 0.717) is 24.0 Å². The first-order valence-corrected chi connectivity index (χ1v) is 10.1. The Morgan fingerprint density at radius 3 is 2.71 bits per heavy atom. The van der Waals surface area contributed by atoms with Gasteiger partial charge in [0.15, 0.2) is 16.7 Å². The Hall–Kier alpha value is -2.87. The standard InChI is InChI=1S/C20H21N5O2S/c1-3-8-17-21-19(27-24-17)14(2)28-20-23-22-18(16-11-7-12-26-16)25(20)13-15-9-5-4-6-10-15/h4-7,9-12,14H,3,8,13H2,1-2H3/t14-/m0/s1. The number of aryl methyl sites for hydroxylation is 1. The molecule has 7 nitrogen and oxygen atoms in total. The molecule has 3 aromatic heterocycles. The molecule has 144 valence electrons. The maximum Gasteiger partial charge on any atom is 0.239 e. The summed E-state index contributed by atoms with van der Waals surface area (Å²) in [7, 11) is 0. The zero-order valence-corrected chi connectivity index (χ0v) is 16.6. The van der Waals surface area contributed by atoms with Gasteiger partial charge in [0.1, 0.15) is 0 Å². The molecule has 0 aliphatic carbocycles. The Balaban J connectivity index is 1.62. The van der Waals surface area contributed by atoms with E-state index in [1.54, 1.807) is 18.0 Å². The van der Waals surface area contributed by atoms with Crippen LogP contribution in [0.25, 0.3) is 11.6 Å². The van der Waals surface area contributed by atoms with E-state index in [1.807, 2.05) is 37.3 Å². The van der Waals surface area contributed by atoms with Crippen molar-refractivity contribution in [3.63, 3.8) is 0 Å². The van der Waals surface area contributed by atoms with E-state index < -0.39 is 0 Å². The number of hydrogen-bond acceptors (Lipinski definition) is 7. The molecule has 3 heterocycles. The van der Waals surface area contributed by atoms with Crippen molar-refractivity contribution in [3.8, 4) is 11.6 Å². The first-order valence-electron chi connectivity index (χ1n) is 9.24. The van der Waals surface area contributed by atoms with Crippen molar-refractivity contribution in [1.29, 1.82) is 0 Å². The lowest BCUT2D eigenvalue weighted by Gasteiger charge is -2.11. The summed E-state index contributed by atoms with van der Waals surface area (Å²) in [6.07, 6.45) is 3.44. The first kappa shape index (κ1) is 18.5. The van der Waals surface area contributed by atoms with E-state index >= 15 is 0 Å². The summed E-state index contributed by atoms with van der Waals surface area (Å²) >= 11 is 1.54. The molecule has 0 aliphatic rings. The number of benzene rings is 1. The highest BCUT2D eigenvalue weighted by atomic mass is 32.2. The highest BCUT2D eigenvalue weighted by molar-refractivity contribution is 7.99. The summed E-state index contributed by atoms with van der Waals surface area (Å²) in [6.45, 7) is 4.77. The molecule has 0 saturated heterocycles. The summed E-state index contributed by atoms with van der Waals surface area (Å²) in [5.41, 5.74) is 1.16. The van der Waals surface area contributed by atoms with Gasteiger partial charge in [0, 0.05) is 6.42 Å². The molecule has 8 heteroatoms. The van der Waals surface area contributed by atoms with Crippen molar-refractivity contribution in [2.24, 2.45) is 0 Å². The topological polar surface area (TPSA) is 82.8 Å². The zero-order valence-electron chi connectivity index (χ0n) is 15.8. The van der Waals surface area contributed by atoms with Gasteiger partial charge in [0.2, 0.25) is 11.7 Å². The predicted octanol–water partition coefficient (Wildman–Crippen LogP) is 4.78. The van der Waals surface area contributed by atoms with Gasteiger partial charge in [-0.25, -0.2) is 0 Å². The minimum atomic E-state index is -0.0405. The number of furan rings is 1. The van der Waals surface area contributed by atoms with Crippen LogP contribution in [0.2, 0.25) is 0 Å².